The molecule has 0 saturated heterocycles. The van der Waals surface area contributed by atoms with Crippen molar-refractivity contribution in [1.29, 1.82) is 0 Å². The van der Waals surface area contributed by atoms with Gasteiger partial charge in [-0.2, -0.15) is 0 Å². The number of rotatable bonds is 6. The Hall–Kier alpha value is -4.57. The van der Waals surface area contributed by atoms with Crippen molar-refractivity contribution in [3.63, 3.8) is 0 Å². The summed E-state index contributed by atoms with van der Waals surface area (Å²) < 4.78 is 0. The first-order chi connectivity index (χ1) is 16.7. The van der Waals surface area contributed by atoms with E-state index in [1.54, 1.807) is 43.8 Å². The number of hydrogen-bond acceptors (Lipinski definition) is 9. The van der Waals surface area contributed by atoms with Gasteiger partial charge in [-0.1, -0.05) is 36.4 Å². The normalized spacial score (nSPS) is 11.2. The molecule has 10 nitrogen and oxygen atoms in total. The molecule has 10 heteroatoms. The number of nitrogens with one attached hydrogen (secondary N) is 1. The molecule has 2 aromatic heterocycles. The Balaban J connectivity index is 1.84. The first-order valence-corrected chi connectivity index (χ1v) is 10.9. The number of benzene rings is 2. The fraction of sp³-hybridized carbons (Fsp3) is 0.160. The molecular formula is C25H27N9O. The highest BCUT2D eigenvalue weighted by Gasteiger charge is 2.28. The summed E-state index contributed by atoms with van der Waals surface area (Å²) in [5.41, 5.74) is 15.7. The van der Waals surface area contributed by atoms with Crippen molar-refractivity contribution in [3.8, 4) is 22.5 Å². The van der Waals surface area contributed by atoms with E-state index in [0.717, 1.165) is 5.56 Å². The molecule has 0 aliphatic rings. The molecule has 2 heterocycles. The van der Waals surface area contributed by atoms with Crippen molar-refractivity contribution in [2.24, 2.45) is 5.84 Å². The van der Waals surface area contributed by atoms with Gasteiger partial charge in [0, 0.05) is 30.6 Å². The number of nitrogens with zero attached hydrogens (tertiary/aromatic N) is 5. The Kier molecular flexibility index (Phi) is 6.30. The summed E-state index contributed by atoms with van der Waals surface area (Å²) in [7, 11) is 1.69. The van der Waals surface area contributed by atoms with Crippen LogP contribution in [0.3, 0.4) is 0 Å². The zero-order valence-corrected chi connectivity index (χ0v) is 19.7. The molecule has 0 aliphatic heterocycles. The van der Waals surface area contributed by atoms with Crippen molar-refractivity contribution in [1.82, 2.24) is 25.3 Å². The van der Waals surface area contributed by atoms with Crippen LogP contribution in [-0.2, 0) is 5.54 Å². The average Bonchev–Trinajstić information content (AvgIpc) is 2.85. The molecule has 178 valence electrons. The molecule has 4 rings (SSSR count). The lowest BCUT2D eigenvalue weighted by Gasteiger charge is -2.25. The number of carbonyl (C=O) groups is 1. The van der Waals surface area contributed by atoms with Gasteiger partial charge in [0.05, 0.1) is 40.2 Å². The van der Waals surface area contributed by atoms with Gasteiger partial charge in [-0.3, -0.25) is 14.8 Å². The molecule has 0 bridgehead atoms. The molecule has 0 radical (unpaired) electrons. The maximum atomic E-state index is 13.3. The van der Waals surface area contributed by atoms with E-state index in [9.17, 15) is 4.79 Å². The van der Waals surface area contributed by atoms with Crippen LogP contribution in [0, 0.1) is 0 Å². The third kappa shape index (κ3) is 4.87. The Bertz CT molecular complexity index is 1360. The molecule has 7 N–H and O–H groups in total. The summed E-state index contributed by atoms with van der Waals surface area (Å²) >= 11 is 0. The first-order valence-electron chi connectivity index (χ1n) is 10.9. The molecule has 0 fully saturated rings. The number of aromatic nitrogens is 4. The van der Waals surface area contributed by atoms with Crippen molar-refractivity contribution >= 4 is 23.1 Å². The van der Waals surface area contributed by atoms with Crippen LogP contribution in [0.2, 0.25) is 0 Å². The van der Waals surface area contributed by atoms with Crippen LogP contribution in [0.4, 0.5) is 17.2 Å². The van der Waals surface area contributed by atoms with Crippen LogP contribution >= 0.6 is 0 Å². The average molecular weight is 470 g/mol. The second-order valence-electron chi connectivity index (χ2n) is 8.57. The standard InChI is InChI=1S/C25H27N9O/c1-25(2,19-14-29-11-12-30-19)33-24(35)22-23(27)32-20(15-7-5-4-6-8-15)21(31-22)16-9-10-17(26)18(13-16)34(3)28/h4-14H,26,28H2,1-3H3,(H2,27,32)(H,33,35). The largest absolute Gasteiger partial charge is 0.397 e. The quantitative estimate of drug-likeness (QED) is 0.189. The van der Waals surface area contributed by atoms with Gasteiger partial charge < -0.3 is 21.8 Å². The van der Waals surface area contributed by atoms with Crippen LogP contribution in [0.15, 0.2) is 67.1 Å². The van der Waals surface area contributed by atoms with E-state index in [0.29, 0.717) is 34.0 Å². The van der Waals surface area contributed by atoms with E-state index < -0.39 is 11.4 Å². The number of carbonyl (C=O) groups excluding carboxylic acids is 1. The van der Waals surface area contributed by atoms with Gasteiger partial charge in [-0.15, -0.1) is 0 Å². The predicted molar refractivity (Wildman–Crippen MR) is 137 cm³/mol. The lowest BCUT2D eigenvalue weighted by Crippen LogP contribution is -2.42. The Morgan fingerprint density at radius 3 is 2.34 bits per heavy atom. The molecule has 0 atom stereocenters. The number of hydrazine groups is 1. The third-order valence-corrected chi connectivity index (χ3v) is 5.50. The smallest absolute Gasteiger partial charge is 0.274 e. The summed E-state index contributed by atoms with van der Waals surface area (Å²) in [6.07, 6.45) is 4.73. The van der Waals surface area contributed by atoms with Gasteiger partial charge in [0.2, 0.25) is 0 Å². The van der Waals surface area contributed by atoms with E-state index in [1.165, 1.54) is 5.01 Å². The predicted octanol–water partition coefficient (Wildman–Crippen LogP) is 2.74. The number of amides is 1. The maximum Gasteiger partial charge on any atom is 0.274 e. The highest BCUT2D eigenvalue weighted by atomic mass is 16.2. The molecule has 0 saturated carbocycles. The van der Waals surface area contributed by atoms with Crippen LogP contribution in [0.25, 0.3) is 22.5 Å². The second kappa shape index (κ2) is 9.35. The number of hydrogen-bond donors (Lipinski definition) is 4. The van der Waals surface area contributed by atoms with Crippen LogP contribution < -0.4 is 27.6 Å². The zero-order valence-electron chi connectivity index (χ0n) is 19.7. The summed E-state index contributed by atoms with van der Waals surface area (Å²) in [6.45, 7) is 3.64. The molecule has 0 unspecified atom stereocenters. The minimum atomic E-state index is -0.825. The first kappa shape index (κ1) is 23.6. The molecule has 4 aromatic rings. The number of anilines is 3. The highest BCUT2D eigenvalue weighted by Crippen LogP contribution is 2.34. The maximum absolute atomic E-state index is 13.3. The number of nitrogen functional groups attached to an aromatic ring is 2. The van der Waals surface area contributed by atoms with Gasteiger partial charge in [0.25, 0.3) is 5.91 Å². The molecule has 2 aromatic carbocycles. The van der Waals surface area contributed by atoms with Gasteiger partial charge in [0.1, 0.15) is 0 Å². The summed E-state index contributed by atoms with van der Waals surface area (Å²) in [5, 5.41) is 4.35. The minimum absolute atomic E-state index is 0.00359. The van der Waals surface area contributed by atoms with Crippen LogP contribution in [-0.4, -0.2) is 32.9 Å². The van der Waals surface area contributed by atoms with Gasteiger partial charge >= 0.3 is 0 Å². The third-order valence-electron chi connectivity index (χ3n) is 5.50. The van der Waals surface area contributed by atoms with E-state index >= 15 is 0 Å². The van der Waals surface area contributed by atoms with E-state index in [4.69, 9.17) is 22.3 Å². The SMILES string of the molecule is CN(N)c1cc(-c2nc(C(=O)NC(C)(C)c3cnccn3)c(N)nc2-c2ccccc2)ccc1N. The summed E-state index contributed by atoms with van der Waals surface area (Å²) in [5.74, 6) is 5.48. The lowest BCUT2D eigenvalue weighted by atomic mass is 10.0. The van der Waals surface area contributed by atoms with Crippen molar-refractivity contribution in [2.75, 3.05) is 23.5 Å². The molecule has 0 spiro atoms. The van der Waals surface area contributed by atoms with Crippen molar-refractivity contribution in [2.45, 2.75) is 19.4 Å². The Labute approximate surface area is 203 Å². The lowest BCUT2D eigenvalue weighted by molar-refractivity contribution is 0.0906. The monoisotopic (exact) mass is 469 g/mol. The fourth-order valence-corrected chi connectivity index (χ4v) is 3.64. The Morgan fingerprint density at radius 2 is 1.69 bits per heavy atom. The van der Waals surface area contributed by atoms with Crippen molar-refractivity contribution in [3.05, 3.63) is 78.5 Å². The van der Waals surface area contributed by atoms with Crippen molar-refractivity contribution < 1.29 is 4.79 Å². The summed E-state index contributed by atoms with van der Waals surface area (Å²) in [4.78, 5) is 31.0. The number of nitrogens with two attached hydrogens (primary N) is 3. The molecule has 0 aliphatic carbocycles. The van der Waals surface area contributed by atoms with Gasteiger partial charge in [-0.25, -0.2) is 15.8 Å². The van der Waals surface area contributed by atoms with Crippen LogP contribution in [0.1, 0.15) is 30.0 Å². The zero-order chi connectivity index (χ0) is 25.2. The molecular weight excluding hydrogens is 442 g/mol. The van der Waals surface area contributed by atoms with Gasteiger partial charge in [0.15, 0.2) is 11.5 Å². The Morgan fingerprint density at radius 1 is 0.971 bits per heavy atom. The molecule has 35 heavy (non-hydrogen) atoms. The van der Waals surface area contributed by atoms with Crippen LogP contribution in [0.5, 0.6) is 0 Å². The molecule has 1 amide bonds. The van der Waals surface area contributed by atoms with E-state index in [2.05, 4.69) is 20.3 Å². The van der Waals surface area contributed by atoms with E-state index in [1.807, 2.05) is 44.2 Å². The highest BCUT2D eigenvalue weighted by molar-refractivity contribution is 5.98. The fourth-order valence-electron chi connectivity index (χ4n) is 3.64. The van der Waals surface area contributed by atoms with E-state index in [-0.39, 0.29) is 11.5 Å². The second-order valence-corrected chi connectivity index (χ2v) is 8.57. The van der Waals surface area contributed by atoms with Gasteiger partial charge in [-0.05, 0) is 26.0 Å². The summed E-state index contributed by atoms with van der Waals surface area (Å²) in [6, 6.07) is 14.8. The topological polar surface area (TPSA) is 162 Å². The minimum Gasteiger partial charge on any atom is -0.397 e.